The molecule has 35 heavy (non-hydrogen) atoms. The van der Waals surface area contributed by atoms with Crippen molar-refractivity contribution >= 4 is 35.0 Å². The Balaban J connectivity index is 1.53. The Morgan fingerprint density at radius 1 is 0.943 bits per heavy atom. The average molecular weight is 488 g/mol. The SMILES string of the molecule is CCOc1cc(/C=C2\SC(=O)N(Cc3cccc(C)c3)C2=O)ccc1OC(=O)c1ccc(C)cc1. The second-order valence-electron chi connectivity index (χ2n) is 8.15. The summed E-state index contributed by atoms with van der Waals surface area (Å²) in [5, 5.41) is -0.309. The molecule has 1 fully saturated rings. The summed E-state index contributed by atoms with van der Waals surface area (Å²) in [6, 6.07) is 19.9. The van der Waals surface area contributed by atoms with Gasteiger partial charge >= 0.3 is 5.97 Å². The summed E-state index contributed by atoms with van der Waals surface area (Å²) >= 11 is 0.905. The Morgan fingerprint density at radius 3 is 2.43 bits per heavy atom. The van der Waals surface area contributed by atoms with Crippen LogP contribution in [-0.4, -0.2) is 28.6 Å². The fraction of sp³-hybridized carbons (Fsp3) is 0.179. The molecule has 1 saturated heterocycles. The first-order valence-corrected chi connectivity index (χ1v) is 12.0. The number of aryl methyl sites for hydroxylation is 2. The normalized spacial score (nSPS) is 14.5. The maximum Gasteiger partial charge on any atom is 0.343 e. The molecule has 2 amide bonds. The van der Waals surface area contributed by atoms with Crippen LogP contribution >= 0.6 is 11.8 Å². The van der Waals surface area contributed by atoms with Gasteiger partial charge in [-0.3, -0.25) is 14.5 Å². The van der Waals surface area contributed by atoms with Crippen LogP contribution in [0.2, 0.25) is 0 Å². The van der Waals surface area contributed by atoms with Crippen molar-refractivity contribution in [3.05, 3.63) is 99.5 Å². The predicted octanol–water partition coefficient (Wildman–Crippen LogP) is 6.16. The average Bonchev–Trinajstić information content (AvgIpc) is 3.08. The quantitative estimate of drug-likeness (QED) is 0.226. The number of carbonyl (C=O) groups is 3. The molecule has 0 saturated carbocycles. The maximum absolute atomic E-state index is 12.9. The molecule has 0 N–H and O–H groups in total. The van der Waals surface area contributed by atoms with E-state index >= 15 is 0 Å². The topological polar surface area (TPSA) is 72.9 Å². The number of hydrogen-bond donors (Lipinski definition) is 0. The number of imide groups is 1. The molecule has 0 unspecified atom stereocenters. The fourth-order valence-electron chi connectivity index (χ4n) is 3.60. The highest BCUT2D eigenvalue weighted by molar-refractivity contribution is 8.18. The smallest absolute Gasteiger partial charge is 0.343 e. The van der Waals surface area contributed by atoms with Crippen LogP contribution in [0, 0.1) is 13.8 Å². The number of ether oxygens (including phenoxy) is 2. The van der Waals surface area contributed by atoms with Gasteiger partial charge in [0, 0.05) is 0 Å². The summed E-state index contributed by atoms with van der Waals surface area (Å²) in [5.41, 5.74) is 4.10. The number of hydrogen-bond acceptors (Lipinski definition) is 6. The van der Waals surface area contributed by atoms with E-state index in [1.807, 2.05) is 57.2 Å². The number of thioether (sulfide) groups is 1. The van der Waals surface area contributed by atoms with Gasteiger partial charge in [0.2, 0.25) is 0 Å². The summed E-state index contributed by atoms with van der Waals surface area (Å²) in [5.74, 6) is -0.173. The number of benzene rings is 3. The zero-order valence-electron chi connectivity index (χ0n) is 19.7. The van der Waals surface area contributed by atoms with Crippen molar-refractivity contribution in [2.24, 2.45) is 0 Å². The highest BCUT2D eigenvalue weighted by Gasteiger charge is 2.35. The molecule has 0 bridgehead atoms. The van der Waals surface area contributed by atoms with Crippen molar-refractivity contribution in [1.82, 2.24) is 4.90 Å². The zero-order chi connectivity index (χ0) is 24.9. The first-order chi connectivity index (χ1) is 16.8. The van der Waals surface area contributed by atoms with Gasteiger partial charge in [-0.05, 0) is 74.0 Å². The highest BCUT2D eigenvalue weighted by atomic mass is 32.2. The van der Waals surface area contributed by atoms with Crippen LogP contribution in [0.25, 0.3) is 6.08 Å². The molecule has 0 atom stereocenters. The van der Waals surface area contributed by atoms with Crippen molar-refractivity contribution in [2.75, 3.05) is 6.61 Å². The lowest BCUT2D eigenvalue weighted by molar-refractivity contribution is -0.123. The summed E-state index contributed by atoms with van der Waals surface area (Å²) in [7, 11) is 0. The van der Waals surface area contributed by atoms with E-state index < -0.39 is 5.97 Å². The van der Waals surface area contributed by atoms with Crippen LogP contribution in [0.5, 0.6) is 11.5 Å². The van der Waals surface area contributed by atoms with Crippen molar-refractivity contribution in [3.8, 4) is 11.5 Å². The molecule has 1 aliphatic heterocycles. The Hall–Kier alpha value is -3.84. The van der Waals surface area contributed by atoms with Crippen LogP contribution in [0.3, 0.4) is 0 Å². The van der Waals surface area contributed by atoms with Gasteiger partial charge in [0.1, 0.15) is 0 Å². The number of amides is 2. The van der Waals surface area contributed by atoms with Gasteiger partial charge in [0.15, 0.2) is 11.5 Å². The molecule has 1 heterocycles. The van der Waals surface area contributed by atoms with E-state index in [0.717, 1.165) is 28.5 Å². The van der Waals surface area contributed by atoms with Crippen molar-refractivity contribution in [1.29, 1.82) is 0 Å². The van der Waals surface area contributed by atoms with Crippen LogP contribution in [0.15, 0.2) is 71.6 Å². The van der Waals surface area contributed by atoms with Gasteiger partial charge in [-0.25, -0.2) is 4.79 Å². The third-order valence-corrected chi connectivity index (χ3v) is 6.26. The molecule has 3 aromatic rings. The standard InChI is InChI=1S/C28H25NO5S/c1-4-33-24-15-20(10-13-23(24)34-27(31)22-11-8-18(2)9-12-22)16-25-26(30)29(28(32)35-25)17-21-7-5-6-19(3)14-21/h5-16H,4,17H2,1-3H3/b25-16-. The number of rotatable bonds is 7. The number of esters is 1. The maximum atomic E-state index is 12.9. The molecule has 4 rings (SSSR count). The van der Waals surface area contributed by atoms with Crippen LogP contribution in [-0.2, 0) is 11.3 Å². The van der Waals surface area contributed by atoms with Crippen LogP contribution < -0.4 is 9.47 Å². The summed E-state index contributed by atoms with van der Waals surface area (Å²) in [6.07, 6.45) is 1.65. The lowest BCUT2D eigenvalue weighted by Gasteiger charge is -2.13. The molecular formula is C28H25NO5S. The van der Waals surface area contributed by atoms with Gasteiger partial charge in [-0.2, -0.15) is 0 Å². The van der Waals surface area contributed by atoms with E-state index in [4.69, 9.17) is 9.47 Å². The number of carbonyl (C=O) groups excluding carboxylic acids is 3. The van der Waals surface area contributed by atoms with Gasteiger partial charge in [0.25, 0.3) is 11.1 Å². The molecule has 0 aromatic heterocycles. The Morgan fingerprint density at radius 2 is 1.71 bits per heavy atom. The van der Waals surface area contributed by atoms with E-state index in [0.29, 0.717) is 28.4 Å². The Bertz CT molecular complexity index is 1310. The van der Waals surface area contributed by atoms with E-state index in [-0.39, 0.29) is 23.4 Å². The van der Waals surface area contributed by atoms with Gasteiger partial charge < -0.3 is 9.47 Å². The van der Waals surface area contributed by atoms with E-state index in [1.54, 1.807) is 36.4 Å². The molecular weight excluding hydrogens is 462 g/mol. The molecule has 0 radical (unpaired) electrons. The van der Waals surface area contributed by atoms with Crippen molar-refractivity contribution in [2.45, 2.75) is 27.3 Å². The molecule has 178 valence electrons. The Labute approximate surface area is 208 Å². The minimum Gasteiger partial charge on any atom is -0.490 e. The third-order valence-electron chi connectivity index (χ3n) is 5.35. The summed E-state index contributed by atoms with van der Waals surface area (Å²) < 4.78 is 11.2. The first kappa shape index (κ1) is 24.3. The molecule has 0 aliphatic carbocycles. The first-order valence-electron chi connectivity index (χ1n) is 11.2. The monoisotopic (exact) mass is 487 g/mol. The zero-order valence-corrected chi connectivity index (χ0v) is 20.6. The van der Waals surface area contributed by atoms with Crippen LogP contribution in [0.1, 0.15) is 39.5 Å². The third kappa shape index (κ3) is 5.81. The minimum absolute atomic E-state index is 0.224. The van der Waals surface area contributed by atoms with E-state index in [1.165, 1.54) is 4.90 Å². The summed E-state index contributed by atoms with van der Waals surface area (Å²) in [6.45, 7) is 6.33. The van der Waals surface area contributed by atoms with Crippen LogP contribution in [0.4, 0.5) is 4.79 Å². The van der Waals surface area contributed by atoms with Crippen molar-refractivity contribution < 1.29 is 23.9 Å². The predicted molar refractivity (Wildman–Crippen MR) is 136 cm³/mol. The van der Waals surface area contributed by atoms with Crippen molar-refractivity contribution in [3.63, 3.8) is 0 Å². The molecule has 0 spiro atoms. The summed E-state index contributed by atoms with van der Waals surface area (Å²) in [4.78, 5) is 39.6. The van der Waals surface area contributed by atoms with E-state index in [9.17, 15) is 14.4 Å². The molecule has 3 aromatic carbocycles. The number of nitrogens with zero attached hydrogens (tertiary/aromatic N) is 1. The minimum atomic E-state index is -0.490. The second kappa shape index (κ2) is 10.6. The van der Waals surface area contributed by atoms with Gasteiger partial charge in [-0.15, -0.1) is 0 Å². The van der Waals surface area contributed by atoms with Gasteiger partial charge in [-0.1, -0.05) is 53.6 Å². The largest absolute Gasteiger partial charge is 0.490 e. The molecule has 7 heteroatoms. The van der Waals surface area contributed by atoms with E-state index in [2.05, 4.69) is 0 Å². The highest BCUT2D eigenvalue weighted by Crippen LogP contribution is 2.35. The molecule has 6 nitrogen and oxygen atoms in total. The van der Waals surface area contributed by atoms with Gasteiger partial charge in [0.05, 0.1) is 23.6 Å². The fourth-order valence-corrected chi connectivity index (χ4v) is 4.43. The lowest BCUT2D eigenvalue weighted by atomic mass is 10.1. The Kier molecular flexibility index (Phi) is 7.36. The second-order valence-corrected chi connectivity index (χ2v) is 9.14. The molecule has 1 aliphatic rings. The lowest BCUT2D eigenvalue weighted by Crippen LogP contribution is -2.27.